The molecule has 7 nitrogen and oxygen atoms in total. The molecule has 8 heteroatoms. The lowest BCUT2D eigenvalue weighted by Gasteiger charge is -2.14. The van der Waals surface area contributed by atoms with Crippen LogP contribution in [0.5, 0.6) is 0 Å². The molecule has 0 amide bonds. The zero-order chi connectivity index (χ0) is 13.2. The van der Waals surface area contributed by atoms with Crippen molar-refractivity contribution in [3.05, 3.63) is 11.7 Å². The number of nitrogens with zero attached hydrogens (tertiary/aromatic N) is 3. The first-order chi connectivity index (χ1) is 8.42. The molecule has 102 valence electrons. The molecule has 1 aliphatic rings. The maximum atomic E-state index is 11.0. The number of aromatic nitrogens is 2. The Hall–Kier alpha value is -0.990. The van der Waals surface area contributed by atoms with Crippen molar-refractivity contribution in [2.45, 2.75) is 25.9 Å². The molecule has 0 aliphatic carbocycles. The second-order valence-electron chi connectivity index (χ2n) is 4.50. The predicted octanol–water partition coefficient (Wildman–Crippen LogP) is -0.0290. The normalized spacial score (nSPS) is 21.6. The van der Waals surface area contributed by atoms with Crippen molar-refractivity contribution >= 4 is 10.1 Å². The van der Waals surface area contributed by atoms with Crippen LogP contribution in [-0.2, 0) is 20.7 Å². The van der Waals surface area contributed by atoms with E-state index in [2.05, 4.69) is 15.0 Å². The van der Waals surface area contributed by atoms with Crippen LogP contribution in [-0.4, -0.2) is 55.5 Å². The van der Waals surface area contributed by atoms with Gasteiger partial charge in [0.25, 0.3) is 10.1 Å². The van der Waals surface area contributed by atoms with Gasteiger partial charge in [0.15, 0.2) is 5.82 Å². The van der Waals surface area contributed by atoms with Crippen molar-refractivity contribution in [2.24, 2.45) is 0 Å². The summed E-state index contributed by atoms with van der Waals surface area (Å²) in [7, 11) is -3.36. The fourth-order valence-corrected chi connectivity index (χ4v) is 2.67. The van der Waals surface area contributed by atoms with Gasteiger partial charge in [0.1, 0.15) is 0 Å². The lowest BCUT2D eigenvalue weighted by Crippen LogP contribution is -2.26. The van der Waals surface area contributed by atoms with Crippen LogP contribution in [0.15, 0.2) is 4.52 Å². The molecule has 0 spiro atoms. The van der Waals surface area contributed by atoms with Crippen molar-refractivity contribution in [2.75, 3.05) is 25.9 Å². The molecule has 1 aliphatic heterocycles. The molecule has 0 N–H and O–H groups in total. The lowest BCUT2D eigenvalue weighted by atomic mass is 10.3. The van der Waals surface area contributed by atoms with Gasteiger partial charge >= 0.3 is 0 Å². The molecule has 2 rings (SSSR count). The summed E-state index contributed by atoms with van der Waals surface area (Å²) in [5.41, 5.74) is 0. The Kier molecular flexibility index (Phi) is 3.98. The monoisotopic (exact) mass is 275 g/mol. The Labute approximate surface area is 106 Å². The number of aryl methyl sites for hydroxylation is 1. The van der Waals surface area contributed by atoms with Crippen LogP contribution < -0.4 is 0 Å². The number of hydrogen-bond acceptors (Lipinski definition) is 7. The summed E-state index contributed by atoms with van der Waals surface area (Å²) in [6.45, 7) is 4.00. The maximum absolute atomic E-state index is 11.0. The molecule has 2 heterocycles. The topological polar surface area (TPSA) is 85.5 Å². The maximum Gasteiger partial charge on any atom is 0.264 e. The van der Waals surface area contributed by atoms with E-state index in [9.17, 15) is 8.42 Å². The minimum absolute atomic E-state index is 0.232. The average molecular weight is 275 g/mol. The third-order valence-electron chi connectivity index (χ3n) is 2.75. The van der Waals surface area contributed by atoms with Gasteiger partial charge in [-0.3, -0.25) is 4.18 Å². The molecule has 0 radical (unpaired) electrons. The van der Waals surface area contributed by atoms with Gasteiger partial charge in [0, 0.05) is 26.1 Å². The molecule has 18 heavy (non-hydrogen) atoms. The van der Waals surface area contributed by atoms with E-state index in [1.165, 1.54) is 0 Å². The second kappa shape index (κ2) is 5.33. The first kappa shape index (κ1) is 13.4. The van der Waals surface area contributed by atoms with Gasteiger partial charge in [-0.1, -0.05) is 5.16 Å². The van der Waals surface area contributed by atoms with Crippen LogP contribution in [0.4, 0.5) is 0 Å². The molecule has 1 saturated heterocycles. The van der Waals surface area contributed by atoms with Crippen LogP contribution in [0.1, 0.15) is 18.1 Å². The highest BCUT2D eigenvalue weighted by molar-refractivity contribution is 7.86. The summed E-state index contributed by atoms with van der Waals surface area (Å²) < 4.78 is 32.0. The molecule has 0 aromatic carbocycles. The standard InChI is InChI=1S/C10H17N3O4S/c1-8-11-10(16-12-8)4-6-13-5-3-9(7-13)17-18(2,14)15/h9H,3-7H2,1-2H3. The Morgan fingerprint density at radius 3 is 2.94 bits per heavy atom. The number of rotatable bonds is 5. The van der Waals surface area contributed by atoms with Crippen molar-refractivity contribution in [1.82, 2.24) is 15.0 Å². The molecule has 0 bridgehead atoms. The highest BCUT2D eigenvalue weighted by Gasteiger charge is 2.26. The van der Waals surface area contributed by atoms with E-state index in [0.717, 1.165) is 25.8 Å². The van der Waals surface area contributed by atoms with Gasteiger partial charge in [-0.15, -0.1) is 0 Å². The van der Waals surface area contributed by atoms with Gasteiger partial charge in [0.2, 0.25) is 5.89 Å². The third kappa shape index (κ3) is 4.04. The van der Waals surface area contributed by atoms with Gasteiger partial charge in [0.05, 0.1) is 12.4 Å². The smallest absolute Gasteiger partial charge is 0.264 e. The second-order valence-corrected chi connectivity index (χ2v) is 6.10. The van der Waals surface area contributed by atoms with E-state index in [0.29, 0.717) is 24.7 Å². The summed E-state index contributed by atoms with van der Waals surface area (Å²) in [4.78, 5) is 6.25. The van der Waals surface area contributed by atoms with E-state index in [-0.39, 0.29) is 6.10 Å². The first-order valence-electron chi connectivity index (χ1n) is 5.82. The summed E-state index contributed by atoms with van der Waals surface area (Å²) in [5, 5.41) is 3.72. The molecule has 0 saturated carbocycles. The van der Waals surface area contributed by atoms with Crippen LogP contribution in [0.3, 0.4) is 0 Å². The lowest BCUT2D eigenvalue weighted by molar-refractivity contribution is 0.207. The van der Waals surface area contributed by atoms with Crippen molar-refractivity contribution in [3.63, 3.8) is 0 Å². The highest BCUT2D eigenvalue weighted by Crippen LogP contribution is 2.14. The molecule has 1 fully saturated rings. The van der Waals surface area contributed by atoms with Crippen LogP contribution in [0.25, 0.3) is 0 Å². The molecule has 1 atom stereocenters. The fraction of sp³-hybridized carbons (Fsp3) is 0.800. The summed E-state index contributed by atoms with van der Waals surface area (Å²) in [6.07, 6.45) is 2.25. The predicted molar refractivity (Wildman–Crippen MR) is 63.5 cm³/mol. The molecule has 1 aromatic rings. The zero-order valence-electron chi connectivity index (χ0n) is 10.5. The van der Waals surface area contributed by atoms with E-state index in [1.54, 1.807) is 6.92 Å². The third-order valence-corrected chi connectivity index (χ3v) is 3.37. The minimum Gasteiger partial charge on any atom is -0.339 e. The fourth-order valence-electron chi connectivity index (χ4n) is 2.02. The van der Waals surface area contributed by atoms with Crippen LogP contribution >= 0.6 is 0 Å². The number of likely N-dealkylation sites (tertiary alicyclic amines) is 1. The average Bonchev–Trinajstić information content (AvgIpc) is 2.82. The summed E-state index contributed by atoms with van der Waals surface area (Å²) in [5.74, 6) is 1.24. The van der Waals surface area contributed by atoms with Gasteiger partial charge in [-0.05, 0) is 13.3 Å². The van der Waals surface area contributed by atoms with Crippen LogP contribution in [0.2, 0.25) is 0 Å². The minimum atomic E-state index is -3.36. The van der Waals surface area contributed by atoms with Crippen LogP contribution in [0, 0.1) is 6.92 Å². The van der Waals surface area contributed by atoms with Crippen molar-refractivity contribution in [3.8, 4) is 0 Å². The van der Waals surface area contributed by atoms with Gasteiger partial charge < -0.3 is 9.42 Å². The SMILES string of the molecule is Cc1noc(CCN2CCC(OS(C)(=O)=O)C2)n1. The first-order valence-corrected chi connectivity index (χ1v) is 7.64. The zero-order valence-corrected chi connectivity index (χ0v) is 11.3. The summed E-state index contributed by atoms with van der Waals surface area (Å²) in [6, 6.07) is 0. The van der Waals surface area contributed by atoms with Gasteiger partial charge in [-0.25, -0.2) is 0 Å². The molecular formula is C10H17N3O4S. The largest absolute Gasteiger partial charge is 0.339 e. The van der Waals surface area contributed by atoms with E-state index in [1.807, 2.05) is 0 Å². The number of hydrogen-bond donors (Lipinski definition) is 0. The van der Waals surface area contributed by atoms with E-state index >= 15 is 0 Å². The quantitative estimate of drug-likeness (QED) is 0.697. The Morgan fingerprint density at radius 1 is 1.56 bits per heavy atom. The van der Waals surface area contributed by atoms with Gasteiger partial charge in [-0.2, -0.15) is 13.4 Å². The Bertz CT molecular complexity index is 499. The Morgan fingerprint density at radius 2 is 2.33 bits per heavy atom. The van der Waals surface area contributed by atoms with Crippen molar-refractivity contribution in [1.29, 1.82) is 0 Å². The highest BCUT2D eigenvalue weighted by atomic mass is 32.2. The van der Waals surface area contributed by atoms with E-state index in [4.69, 9.17) is 8.71 Å². The molecular weight excluding hydrogens is 258 g/mol. The molecule has 1 aromatic heterocycles. The Balaban J connectivity index is 1.76. The summed E-state index contributed by atoms with van der Waals surface area (Å²) >= 11 is 0. The molecule has 1 unspecified atom stereocenters. The van der Waals surface area contributed by atoms with E-state index < -0.39 is 10.1 Å². The van der Waals surface area contributed by atoms with Crippen molar-refractivity contribution < 1.29 is 17.1 Å².